The Hall–Kier alpha value is -0.890. The summed E-state index contributed by atoms with van der Waals surface area (Å²) in [5.41, 5.74) is 1.64. The molecule has 0 spiro atoms. The lowest BCUT2D eigenvalue weighted by atomic mass is 10.0. The van der Waals surface area contributed by atoms with E-state index < -0.39 is 0 Å². The molecule has 1 nitrogen and oxygen atoms in total. The van der Waals surface area contributed by atoms with Crippen LogP contribution in [0, 0.1) is 5.82 Å². The van der Waals surface area contributed by atoms with Crippen LogP contribution in [-0.4, -0.2) is 7.11 Å². The van der Waals surface area contributed by atoms with Gasteiger partial charge in [-0.1, -0.05) is 26.0 Å². The molecule has 0 amide bonds. The van der Waals surface area contributed by atoms with Gasteiger partial charge in [-0.15, -0.1) is 0 Å². The van der Waals surface area contributed by atoms with Gasteiger partial charge in [0, 0.05) is 12.7 Å². The van der Waals surface area contributed by atoms with E-state index in [-0.39, 0.29) is 5.82 Å². The first-order chi connectivity index (χ1) is 6.15. The summed E-state index contributed by atoms with van der Waals surface area (Å²) in [4.78, 5) is 0. The maximum absolute atomic E-state index is 13.3. The lowest BCUT2D eigenvalue weighted by molar-refractivity contribution is 0.181. The summed E-state index contributed by atoms with van der Waals surface area (Å²) in [5.74, 6) is 0.194. The predicted molar refractivity (Wildman–Crippen MR) is 51.2 cm³/mol. The van der Waals surface area contributed by atoms with E-state index in [1.165, 1.54) is 0 Å². The van der Waals surface area contributed by atoms with E-state index in [1.54, 1.807) is 19.2 Å². The summed E-state index contributed by atoms with van der Waals surface area (Å²) in [5, 5.41) is 0. The van der Waals surface area contributed by atoms with E-state index in [4.69, 9.17) is 4.74 Å². The van der Waals surface area contributed by atoms with Crippen molar-refractivity contribution in [1.82, 2.24) is 0 Å². The van der Waals surface area contributed by atoms with Crippen molar-refractivity contribution in [3.63, 3.8) is 0 Å². The van der Waals surface area contributed by atoms with Crippen LogP contribution >= 0.6 is 0 Å². The zero-order valence-electron chi connectivity index (χ0n) is 8.30. The van der Waals surface area contributed by atoms with E-state index in [0.717, 1.165) is 5.56 Å². The van der Waals surface area contributed by atoms with Crippen LogP contribution in [0.2, 0.25) is 0 Å². The Kier molecular flexibility index (Phi) is 3.43. The fourth-order valence-electron chi connectivity index (χ4n) is 1.20. The summed E-state index contributed by atoms with van der Waals surface area (Å²) >= 11 is 0. The first-order valence-corrected chi connectivity index (χ1v) is 4.42. The minimum Gasteiger partial charge on any atom is -0.380 e. The molecule has 72 valence electrons. The average Bonchev–Trinajstić information content (AvgIpc) is 2.08. The molecule has 0 heterocycles. The number of rotatable bonds is 3. The SMILES string of the molecule is COCc1ccc(C(C)C)cc1F. The summed E-state index contributed by atoms with van der Waals surface area (Å²) in [6.07, 6.45) is 0. The molecule has 0 aliphatic carbocycles. The molecule has 0 fully saturated rings. The van der Waals surface area contributed by atoms with Gasteiger partial charge in [-0.2, -0.15) is 0 Å². The Morgan fingerprint density at radius 3 is 2.54 bits per heavy atom. The molecule has 0 aromatic heterocycles. The minimum atomic E-state index is -0.173. The maximum atomic E-state index is 13.3. The van der Waals surface area contributed by atoms with Crippen molar-refractivity contribution >= 4 is 0 Å². The van der Waals surface area contributed by atoms with Crippen molar-refractivity contribution in [3.8, 4) is 0 Å². The molecule has 0 bridgehead atoms. The van der Waals surface area contributed by atoms with Crippen LogP contribution in [0.3, 0.4) is 0 Å². The number of benzene rings is 1. The largest absolute Gasteiger partial charge is 0.380 e. The van der Waals surface area contributed by atoms with E-state index in [9.17, 15) is 4.39 Å². The van der Waals surface area contributed by atoms with Gasteiger partial charge in [0.15, 0.2) is 0 Å². The van der Waals surface area contributed by atoms with Crippen LogP contribution in [0.25, 0.3) is 0 Å². The van der Waals surface area contributed by atoms with Gasteiger partial charge >= 0.3 is 0 Å². The molecule has 0 radical (unpaired) electrons. The van der Waals surface area contributed by atoms with E-state index >= 15 is 0 Å². The van der Waals surface area contributed by atoms with Gasteiger partial charge in [0.2, 0.25) is 0 Å². The molecular formula is C11H15FO. The lowest BCUT2D eigenvalue weighted by Gasteiger charge is -2.07. The third kappa shape index (κ3) is 2.52. The molecule has 0 aliphatic heterocycles. The third-order valence-electron chi connectivity index (χ3n) is 2.04. The second-order valence-electron chi connectivity index (χ2n) is 3.44. The molecular weight excluding hydrogens is 167 g/mol. The number of hydrogen-bond donors (Lipinski definition) is 0. The molecule has 2 heteroatoms. The Balaban J connectivity index is 2.92. The van der Waals surface area contributed by atoms with Gasteiger partial charge in [0.05, 0.1) is 6.61 Å². The van der Waals surface area contributed by atoms with Crippen LogP contribution in [0.4, 0.5) is 4.39 Å². The molecule has 1 rings (SSSR count). The quantitative estimate of drug-likeness (QED) is 0.698. The molecule has 0 atom stereocenters. The predicted octanol–water partition coefficient (Wildman–Crippen LogP) is 3.10. The Labute approximate surface area is 78.5 Å². The standard InChI is InChI=1S/C11H15FO/c1-8(2)9-4-5-10(7-13-3)11(12)6-9/h4-6,8H,7H2,1-3H3. The highest BCUT2D eigenvalue weighted by Crippen LogP contribution is 2.18. The van der Waals surface area contributed by atoms with E-state index in [2.05, 4.69) is 0 Å². The lowest BCUT2D eigenvalue weighted by Crippen LogP contribution is -1.95. The molecule has 0 unspecified atom stereocenters. The van der Waals surface area contributed by atoms with Crippen molar-refractivity contribution in [2.75, 3.05) is 7.11 Å². The highest BCUT2D eigenvalue weighted by Gasteiger charge is 2.05. The van der Waals surface area contributed by atoms with Crippen LogP contribution in [0.15, 0.2) is 18.2 Å². The number of halogens is 1. The minimum absolute atomic E-state index is 0.173. The highest BCUT2D eigenvalue weighted by molar-refractivity contribution is 5.25. The van der Waals surface area contributed by atoms with Crippen LogP contribution in [0.1, 0.15) is 30.9 Å². The normalized spacial score (nSPS) is 10.8. The second-order valence-corrected chi connectivity index (χ2v) is 3.44. The van der Waals surface area contributed by atoms with Crippen molar-refractivity contribution in [2.24, 2.45) is 0 Å². The molecule has 13 heavy (non-hydrogen) atoms. The van der Waals surface area contributed by atoms with Crippen molar-refractivity contribution in [1.29, 1.82) is 0 Å². The van der Waals surface area contributed by atoms with Gasteiger partial charge in [-0.25, -0.2) is 4.39 Å². The van der Waals surface area contributed by atoms with Crippen molar-refractivity contribution < 1.29 is 9.13 Å². The fourth-order valence-corrected chi connectivity index (χ4v) is 1.20. The molecule has 1 aromatic rings. The highest BCUT2D eigenvalue weighted by atomic mass is 19.1. The Bertz CT molecular complexity index is 281. The van der Waals surface area contributed by atoms with Crippen molar-refractivity contribution in [3.05, 3.63) is 35.1 Å². The molecule has 0 aliphatic rings. The number of hydrogen-bond acceptors (Lipinski definition) is 1. The van der Waals surface area contributed by atoms with E-state index in [0.29, 0.717) is 18.1 Å². The molecule has 1 aromatic carbocycles. The smallest absolute Gasteiger partial charge is 0.129 e. The fraction of sp³-hybridized carbons (Fsp3) is 0.455. The summed E-state index contributed by atoms with van der Waals surface area (Å²) in [6.45, 7) is 4.43. The number of methoxy groups -OCH3 is 1. The summed E-state index contributed by atoms with van der Waals surface area (Å²) in [6, 6.07) is 5.31. The van der Waals surface area contributed by atoms with E-state index in [1.807, 2.05) is 19.9 Å². The first kappa shape index (κ1) is 10.2. The van der Waals surface area contributed by atoms with Gasteiger partial charge in [-0.3, -0.25) is 0 Å². The Morgan fingerprint density at radius 2 is 2.08 bits per heavy atom. The third-order valence-corrected chi connectivity index (χ3v) is 2.04. The monoisotopic (exact) mass is 182 g/mol. The first-order valence-electron chi connectivity index (χ1n) is 4.42. The molecule has 0 saturated heterocycles. The van der Waals surface area contributed by atoms with Gasteiger partial charge in [0.25, 0.3) is 0 Å². The molecule has 0 saturated carbocycles. The average molecular weight is 182 g/mol. The maximum Gasteiger partial charge on any atom is 0.129 e. The van der Waals surface area contributed by atoms with Crippen LogP contribution in [-0.2, 0) is 11.3 Å². The van der Waals surface area contributed by atoms with Gasteiger partial charge in [0.1, 0.15) is 5.82 Å². The zero-order chi connectivity index (χ0) is 9.84. The van der Waals surface area contributed by atoms with Crippen LogP contribution < -0.4 is 0 Å². The Morgan fingerprint density at radius 1 is 1.38 bits per heavy atom. The summed E-state index contributed by atoms with van der Waals surface area (Å²) < 4.78 is 18.2. The van der Waals surface area contributed by atoms with Gasteiger partial charge < -0.3 is 4.74 Å². The van der Waals surface area contributed by atoms with Crippen molar-refractivity contribution in [2.45, 2.75) is 26.4 Å². The summed E-state index contributed by atoms with van der Waals surface area (Å²) in [7, 11) is 1.57. The number of ether oxygens (including phenoxy) is 1. The molecule has 0 N–H and O–H groups in total. The second kappa shape index (κ2) is 4.38. The van der Waals surface area contributed by atoms with Crippen LogP contribution in [0.5, 0.6) is 0 Å². The zero-order valence-corrected chi connectivity index (χ0v) is 8.30. The van der Waals surface area contributed by atoms with Gasteiger partial charge in [-0.05, 0) is 17.5 Å². The topological polar surface area (TPSA) is 9.23 Å².